The van der Waals surface area contributed by atoms with E-state index in [4.69, 9.17) is 5.73 Å². The monoisotopic (exact) mass is 211 g/mol. The minimum absolute atomic E-state index is 0.0589. The summed E-state index contributed by atoms with van der Waals surface area (Å²) in [6.45, 7) is 2.17. The molecule has 0 aliphatic rings. The van der Waals surface area contributed by atoms with Crippen LogP contribution in [0.3, 0.4) is 0 Å². The van der Waals surface area contributed by atoms with Gasteiger partial charge in [0.05, 0.1) is 0 Å². The molecule has 0 saturated carbocycles. The van der Waals surface area contributed by atoms with Crippen molar-refractivity contribution in [2.45, 2.75) is 18.9 Å². The predicted molar refractivity (Wildman–Crippen MR) is 68.2 cm³/mol. The summed E-state index contributed by atoms with van der Waals surface area (Å²) in [7, 11) is 0. The highest BCUT2D eigenvalue weighted by molar-refractivity contribution is 5.26. The van der Waals surface area contributed by atoms with Gasteiger partial charge < -0.3 is 5.73 Å². The molecule has 2 N–H and O–H groups in total. The highest BCUT2D eigenvalue weighted by atomic mass is 14.6. The topological polar surface area (TPSA) is 26.0 Å². The summed E-state index contributed by atoms with van der Waals surface area (Å²) < 4.78 is 0. The number of benzene rings is 2. The number of hydrogen-bond acceptors (Lipinski definition) is 1. The minimum atomic E-state index is 0.0589. The van der Waals surface area contributed by atoms with E-state index in [1.54, 1.807) is 0 Å². The molecule has 0 spiro atoms. The third-order valence-electron chi connectivity index (χ3n) is 3.05. The van der Waals surface area contributed by atoms with Gasteiger partial charge in [0.25, 0.3) is 0 Å². The van der Waals surface area contributed by atoms with E-state index in [0.29, 0.717) is 5.92 Å². The summed E-state index contributed by atoms with van der Waals surface area (Å²) in [6, 6.07) is 20.7. The lowest BCUT2D eigenvalue weighted by Gasteiger charge is -2.20. The lowest BCUT2D eigenvalue weighted by molar-refractivity contribution is 0.598. The van der Waals surface area contributed by atoms with Crippen LogP contribution < -0.4 is 5.73 Å². The maximum Gasteiger partial charge on any atom is 0.0361 e. The Balaban J connectivity index is 2.20. The minimum Gasteiger partial charge on any atom is -0.323 e. The fraction of sp³-hybridized carbons (Fsp3) is 0.200. The molecule has 2 atom stereocenters. The van der Waals surface area contributed by atoms with Gasteiger partial charge in [-0.15, -0.1) is 0 Å². The van der Waals surface area contributed by atoms with E-state index in [1.807, 2.05) is 24.3 Å². The quantitative estimate of drug-likeness (QED) is 0.826. The van der Waals surface area contributed by atoms with Gasteiger partial charge in [-0.2, -0.15) is 0 Å². The molecule has 2 aromatic carbocycles. The van der Waals surface area contributed by atoms with Gasteiger partial charge in [-0.25, -0.2) is 0 Å². The van der Waals surface area contributed by atoms with Crippen molar-refractivity contribution in [2.24, 2.45) is 5.73 Å². The number of nitrogens with two attached hydrogens (primary N) is 1. The molecule has 0 bridgehead atoms. The van der Waals surface area contributed by atoms with Crippen LogP contribution in [0.25, 0.3) is 0 Å². The van der Waals surface area contributed by atoms with Crippen molar-refractivity contribution in [2.75, 3.05) is 0 Å². The van der Waals surface area contributed by atoms with Crippen molar-refractivity contribution in [3.63, 3.8) is 0 Å². The van der Waals surface area contributed by atoms with Crippen LogP contribution in [0.1, 0.15) is 30.0 Å². The van der Waals surface area contributed by atoms with Crippen LogP contribution in [-0.2, 0) is 0 Å². The van der Waals surface area contributed by atoms with E-state index in [2.05, 4.69) is 43.3 Å². The molecule has 16 heavy (non-hydrogen) atoms. The zero-order valence-corrected chi connectivity index (χ0v) is 9.51. The fourth-order valence-corrected chi connectivity index (χ4v) is 1.93. The van der Waals surface area contributed by atoms with E-state index in [9.17, 15) is 0 Å². The summed E-state index contributed by atoms with van der Waals surface area (Å²) in [4.78, 5) is 0. The maximum atomic E-state index is 6.27. The Labute approximate surface area is 96.9 Å². The van der Waals surface area contributed by atoms with E-state index in [1.165, 1.54) is 11.1 Å². The van der Waals surface area contributed by atoms with Gasteiger partial charge in [0, 0.05) is 12.0 Å². The molecule has 0 aromatic heterocycles. The molecule has 0 aliphatic carbocycles. The average molecular weight is 211 g/mol. The van der Waals surface area contributed by atoms with Crippen LogP contribution >= 0.6 is 0 Å². The van der Waals surface area contributed by atoms with Crippen molar-refractivity contribution < 1.29 is 0 Å². The van der Waals surface area contributed by atoms with Gasteiger partial charge in [-0.05, 0) is 11.1 Å². The summed E-state index contributed by atoms with van der Waals surface area (Å²) in [5.74, 6) is 0.337. The first kappa shape index (κ1) is 10.9. The number of rotatable bonds is 3. The molecule has 1 heteroatoms. The normalized spacial score (nSPS) is 14.4. The molecule has 82 valence electrons. The van der Waals surface area contributed by atoms with E-state index >= 15 is 0 Å². The Morgan fingerprint density at radius 1 is 0.750 bits per heavy atom. The molecule has 0 saturated heterocycles. The molecule has 1 nitrogen and oxygen atoms in total. The fourth-order valence-electron chi connectivity index (χ4n) is 1.93. The largest absolute Gasteiger partial charge is 0.323 e. The van der Waals surface area contributed by atoms with E-state index in [0.717, 1.165) is 0 Å². The second kappa shape index (κ2) is 4.95. The van der Waals surface area contributed by atoms with Crippen molar-refractivity contribution >= 4 is 0 Å². The van der Waals surface area contributed by atoms with Gasteiger partial charge in [-0.3, -0.25) is 0 Å². The second-order valence-corrected chi connectivity index (χ2v) is 4.14. The van der Waals surface area contributed by atoms with Gasteiger partial charge in [0.1, 0.15) is 0 Å². The first-order valence-electron chi connectivity index (χ1n) is 5.64. The summed E-state index contributed by atoms with van der Waals surface area (Å²) in [5.41, 5.74) is 8.75. The highest BCUT2D eigenvalue weighted by Gasteiger charge is 2.15. The first-order chi connectivity index (χ1) is 7.79. The van der Waals surface area contributed by atoms with Crippen molar-refractivity contribution in [3.05, 3.63) is 71.8 Å². The Kier molecular flexibility index (Phi) is 3.37. The van der Waals surface area contributed by atoms with Gasteiger partial charge in [0.15, 0.2) is 0 Å². The van der Waals surface area contributed by atoms with Crippen LogP contribution in [0.2, 0.25) is 0 Å². The van der Waals surface area contributed by atoms with Crippen LogP contribution in [0.4, 0.5) is 0 Å². The summed E-state index contributed by atoms with van der Waals surface area (Å²) in [6.07, 6.45) is 0. The lowest BCUT2D eigenvalue weighted by atomic mass is 9.89. The zero-order chi connectivity index (χ0) is 11.4. The standard InChI is InChI=1S/C15H17N/c1-12(13-8-4-2-5-9-13)15(16)14-10-6-3-7-11-14/h2-12,15H,16H2,1H3/t12-,15+/m1/s1. The van der Waals surface area contributed by atoms with Gasteiger partial charge in [0.2, 0.25) is 0 Å². The molecule has 0 unspecified atom stereocenters. The maximum absolute atomic E-state index is 6.27. The van der Waals surface area contributed by atoms with E-state index < -0.39 is 0 Å². The van der Waals surface area contributed by atoms with Crippen LogP contribution in [0, 0.1) is 0 Å². The predicted octanol–water partition coefficient (Wildman–Crippen LogP) is 3.49. The SMILES string of the molecule is C[C@H](c1ccccc1)[C@H](N)c1ccccc1. The van der Waals surface area contributed by atoms with Crippen molar-refractivity contribution in [1.82, 2.24) is 0 Å². The highest BCUT2D eigenvalue weighted by Crippen LogP contribution is 2.27. The Morgan fingerprint density at radius 3 is 1.69 bits per heavy atom. The van der Waals surface area contributed by atoms with Crippen molar-refractivity contribution in [3.8, 4) is 0 Å². The molecule has 0 fully saturated rings. The molecule has 0 aliphatic heterocycles. The van der Waals surface area contributed by atoms with Gasteiger partial charge >= 0.3 is 0 Å². The van der Waals surface area contributed by atoms with Crippen LogP contribution in [0.15, 0.2) is 60.7 Å². The molecule has 0 amide bonds. The summed E-state index contributed by atoms with van der Waals surface area (Å²) >= 11 is 0. The molecule has 2 aromatic rings. The molecular weight excluding hydrogens is 194 g/mol. The zero-order valence-electron chi connectivity index (χ0n) is 9.51. The third kappa shape index (κ3) is 2.31. The Morgan fingerprint density at radius 2 is 1.19 bits per heavy atom. The summed E-state index contributed by atoms with van der Waals surface area (Å²) in [5, 5.41) is 0. The smallest absolute Gasteiger partial charge is 0.0361 e. The molecular formula is C15H17N. The Bertz CT molecular complexity index is 378. The van der Waals surface area contributed by atoms with Crippen LogP contribution in [-0.4, -0.2) is 0 Å². The lowest BCUT2D eigenvalue weighted by Crippen LogP contribution is -2.17. The number of hydrogen-bond donors (Lipinski definition) is 1. The van der Waals surface area contributed by atoms with E-state index in [-0.39, 0.29) is 6.04 Å². The van der Waals surface area contributed by atoms with Gasteiger partial charge in [-0.1, -0.05) is 67.6 Å². The molecule has 0 radical (unpaired) electrons. The molecule has 2 rings (SSSR count). The van der Waals surface area contributed by atoms with Crippen LogP contribution in [0.5, 0.6) is 0 Å². The molecule has 0 heterocycles. The third-order valence-corrected chi connectivity index (χ3v) is 3.05. The second-order valence-electron chi connectivity index (χ2n) is 4.14. The van der Waals surface area contributed by atoms with Crippen molar-refractivity contribution in [1.29, 1.82) is 0 Å². The Hall–Kier alpha value is -1.60. The average Bonchev–Trinajstić information content (AvgIpc) is 2.39. The first-order valence-corrected chi connectivity index (χ1v) is 5.64.